The normalized spacial score (nSPS) is 12.6. The molecule has 1 aliphatic carbocycles. The maximum Gasteiger partial charge on any atom is 0.0713 e. The van der Waals surface area contributed by atoms with Gasteiger partial charge in [0, 0.05) is 33.1 Å². The Balaban J connectivity index is 1.04. The minimum absolute atomic E-state index is 0.502. The molecule has 0 atom stereocenters. The van der Waals surface area contributed by atoms with Gasteiger partial charge in [0.1, 0.15) is 0 Å². The van der Waals surface area contributed by atoms with Crippen molar-refractivity contribution in [1.29, 1.82) is 0 Å². The van der Waals surface area contributed by atoms with Crippen LogP contribution in [0.3, 0.4) is 0 Å². The van der Waals surface area contributed by atoms with Gasteiger partial charge in [-0.2, -0.15) is 0 Å². The lowest BCUT2D eigenvalue weighted by Crippen LogP contribution is -2.28. The zero-order chi connectivity index (χ0) is 44.3. The van der Waals surface area contributed by atoms with Crippen molar-refractivity contribution in [2.24, 2.45) is 0 Å². The van der Waals surface area contributed by atoms with E-state index in [0.717, 1.165) is 28.3 Å². The summed E-state index contributed by atoms with van der Waals surface area (Å²) < 4.78 is 2.49. The first kappa shape index (κ1) is 38.7. The highest BCUT2D eigenvalue weighted by molar-refractivity contribution is 6.11. The van der Waals surface area contributed by atoms with E-state index in [1.165, 1.54) is 82.7 Å². The number of benzene rings is 11. The van der Waals surface area contributed by atoms with Crippen molar-refractivity contribution in [2.45, 2.75) is 5.41 Å². The molecule has 2 heteroatoms. The molecule has 12 aromatic rings. The van der Waals surface area contributed by atoms with Crippen LogP contribution in [0, 0.1) is 0 Å². The van der Waals surface area contributed by atoms with Gasteiger partial charge in [-0.25, -0.2) is 0 Å². The average Bonchev–Trinajstić information content (AvgIpc) is 3.89. The van der Waals surface area contributed by atoms with E-state index >= 15 is 0 Å². The molecule has 0 N–H and O–H groups in total. The van der Waals surface area contributed by atoms with Gasteiger partial charge in [0.2, 0.25) is 0 Å². The highest BCUT2D eigenvalue weighted by Gasteiger charge is 2.46. The van der Waals surface area contributed by atoms with Crippen molar-refractivity contribution in [2.75, 3.05) is 4.90 Å². The fourth-order valence-corrected chi connectivity index (χ4v) is 11.2. The number of hydrogen-bond acceptors (Lipinski definition) is 1. The molecule has 0 saturated heterocycles. The molecular formula is C65H44N2. The Morgan fingerprint density at radius 2 is 0.866 bits per heavy atom. The molecule has 67 heavy (non-hydrogen) atoms. The highest BCUT2D eigenvalue weighted by atomic mass is 15.1. The Hall–Kier alpha value is -8.72. The Labute approximate surface area is 390 Å². The van der Waals surface area contributed by atoms with Crippen molar-refractivity contribution in [1.82, 2.24) is 4.57 Å². The summed E-state index contributed by atoms with van der Waals surface area (Å²) in [5, 5.41) is 4.86. The van der Waals surface area contributed by atoms with Crippen LogP contribution in [0.15, 0.2) is 267 Å². The van der Waals surface area contributed by atoms with E-state index in [0.29, 0.717) is 0 Å². The lowest BCUT2D eigenvalue weighted by Gasteiger charge is -2.34. The summed E-state index contributed by atoms with van der Waals surface area (Å²) in [5.74, 6) is 0. The lowest BCUT2D eigenvalue weighted by molar-refractivity contribution is 0.768. The quantitative estimate of drug-likeness (QED) is 0.148. The molecular weight excluding hydrogens is 809 g/mol. The van der Waals surface area contributed by atoms with Crippen LogP contribution in [0.5, 0.6) is 0 Å². The summed E-state index contributed by atoms with van der Waals surface area (Å²) in [7, 11) is 0. The van der Waals surface area contributed by atoms with Gasteiger partial charge in [-0.3, -0.25) is 0 Å². The fraction of sp³-hybridized carbons (Fsp3) is 0.0154. The molecule has 13 rings (SSSR count). The first-order chi connectivity index (χ1) is 33.3. The van der Waals surface area contributed by atoms with Gasteiger partial charge < -0.3 is 9.47 Å². The van der Waals surface area contributed by atoms with E-state index in [2.05, 4.69) is 276 Å². The van der Waals surface area contributed by atoms with Gasteiger partial charge in [-0.1, -0.05) is 212 Å². The molecule has 0 unspecified atom stereocenters. The van der Waals surface area contributed by atoms with Crippen molar-refractivity contribution in [3.63, 3.8) is 0 Å². The van der Waals surface area contributed by atoms with Crippen LogP contribution in [-0.2, 0) is 5.41 Å². The lowest BCUT2D eigenvalue weighted by atomic mass is 9.67. The molecule has 2 nitrogen and oxygen atoms in total. The molecule has 1 aliphatic rings. The fourth-order valence-electron chi connectivity index (χ4n) is 11.2. The molecule has 0 amide bonds. The van der Waals surface area contributed by atoms with Crippen LogP contribution in [0.25, 0.3) is 71.6 Å². The van der Waals surface area contributed by atoms with Crippen LogP contribution in [0.2, 0.25) is 0 Å². The number of aromatic nitrogens is 1. The predicted molar refractivity (Wildman–Crippen MR) is 281 cm³/mol. The second-order valence-electron chi connectivity index (χ2n) is 17.6. The maximum atomic E-state index is 2.49. The molecule has 0 fully saturated rings. The SMILES string of the molecule is c1ccc(-c2ccc3c(c2)-c2cc(-c4ccccc4-n4c5ccccc5c5ccc(N(c6ccccc6)c6cccc7ccccc67)cc54)ccc2C3(c2ccccc2)c2ccccc2)cc1. The van der Waals surface area contributed by atoms with Gasteiger partial charge in [-0.05, 0) is 110 Å². The minimum atomic E-state index is -0.502. The van der Waals surface area contributed by atoms with E-state index in [9.17, 15) is 0 Å². The summed E-state index contributed by atoms with van der Waals surface area (Å²) in [5.41, 5.74) is 18.7. The Bertz CT molecular complexity index is 3750. The molecule has 0 radical (unpaired) electrons. The summed E-state index contributed by atoms with van der Waals surface area (Å²) in [4.78, 5) is 2.41. The highest BCUT2D eigenvalue weighted by Crippen LogP contribution is 2.57. The van der Waals surface area contributed by atoms with Crippen molar-refractivity contribution >= 4 is 49.6 Å². The van der Waals surface area contributed by atoms with Gasteiger partial charge in [0.05, 0.1) is 27.8 Å². The number of para-hydroxylation sites is 3. The van der Waals surface area contributed by atoms with Crippen LogP contribution >= 0.6 is 0 Å². The van der Waals surface area contributed by atoms with E-state index in [1.807, 2.05) is 0 Å². The molecule has 0 aliphatic heterocycles. The summed E-state index contributed by atoms with van der Waals surface area (Å²) in [6, 6.07) is 98.1. The monoisotopic (exact) mass is 852 g/mol. The van der Waals surface area contributed by atoms with E-state index < -0.39 is 5.41 Å². The van der Waals surface area contributed by atoms with Crippen molar-refractivity contribution < 1.29 is 0 Å². The smallest absolute Gasteiger partial charge is 0.0713 e. The molecule has 0 spiro atoms. The number of rotatable bonds is 8. The molecule has 314 valence electrons. The van der Waals surface area contributed by atoms with Crippen LogP contribution in [0.1, 0.15) is 22.3 Å². The molecule has 1 heterocycles. The predicted octanol–water partition coefficient (Wildman–Crippen LogP) is 17.1. The Kier molecular flexibility index (Phi) is 9.11. The second-order valence-corrected chi connectivity index (χ2v) is 17.6. The zero-order valence-corrected chi connectivity index (χ0v) is 36.8. The Morgan fingerprint density at radius 1 is 0.313 bits per heavy atom. The molecule has 11 aromatic carbocycles. The van der Waals surface area contributed by atoms with Gasteiger partial charge >= 0.3 is 0 Å². The summed E-state index contributed by atoms with van der Waals surface area (Å²) in [6.45, 7) is 0. The number of fused-ring (bicyclic) bond motifs is 7. The maximum absolute atomic E-state index is 2.49. The van der Waals surface area contributed by atoms with Gasteiger partial charge in [0.15, 0.2) is 0 Å². The number of hydrogen-bond donors (Lipinski definition) is 0. The van der Waals surface area contributed by atoms with Crippen LogP contribution in [-0.4, -0.2) is 4.57 Å². The van der Waals surface area contributed by atoms with Gasteiger partial charge in [-0.15, -0.1) is 0 Å². The minimum Gasteiger partial charge on any atom is -0.310 e. The number of nitrogens with zero attached hydrogens (tertiary/aromatic N) is 2. The topological polar surface area (TPSA) is 8.17 Å². The molecule has 0 bridgehead atoms. The van der Waals surface area contributed by atoms with E-state index in [1.54, 1.807) is 0 Å². The van der Waals surface area contributed by atoms with E-state index in [-0.39, 0.29) is 0 Å². The van der Waals surface area contributed by atoms with Gasteiger partial charge in [0.25, 0.3) is 0 Å². The zero-order valence-electron chi connectivity index (χ0n) is 36.8. The first-order valence-electron chi connectivity index (χ1n) is 23.2. The van der Waals surface area contributed by atoms with Crippen LogP contribution in [0.4, 0.5) is 17.1 Å². The largest absolute Gasteiger partial charge is 0.310 e. The van der Waals surface area contributed by atoms with Crippen LogP contribution < -0.4 is 4.90 Å². The average molecular weight is 853 g/mol. The van der Waals surface area contributed by atoms with Crippen molar-refractivity contribution in [3.05, 3.63) is 289 Å². The standard InChI is InChI=1S/C65H44N2/c1-5-20-45(21-6-1)47-36-40-59-57(42-47)58-43-48(37-41-60(58)65(59,49-24-7-2-8-25-49)50-26-9-3-10-27-50)54-31-15-17-33-62(54)67-63-34-18-16-32-55(63)56-39-38-52(44-64(56)67)66(51-28-11-4-12-29-51)61-35-19-23-46-22-13-14-30-53(46)61/h1-44H. The van der Waals surface area contributed by atoms with Crippen molar-refractivity contribution in [3.8, 4) is 39.1 Å². The third kappa shape index (κ3) is 6.11. The third-order valence-corrected chi connectivity index (χ3v) is 14.1. The Morgan fingerprint density at radius 3 is 1.60 bits per heavy atom. The molecule has 0 saturated carbocycles. The number of anilines is 3. The second kappa shape index (κ2) is 15.8. The molecule has 1 aromatic heterocycles. The van der Waals surface area contributed by atoms with E-state index in [4.69, 9.17) is 0 Å². The summed E-state index contributed by atoms with van der Waals surface area (Å²) >= 11 is 0. The first-order valence-corrected chi connectivity index (χ1v) is 23.2. The summed E-state index contributed by atoms with van der Waals surface area (Å²) in [6.07, 6.45) is 0. The third-order valence-electron chi connectivity index (χ3n) is 14.1.